The normalized spacial score (nSPS) is 11.7. The largest absolute Gasteiger partial charge is 0.489 e. The van der Waals surface area contributed by atoms with Gasteiger partial charge in [0.1, 0.15) is 46.8 Å². The van der Waals surface area contributed by atoms with Gasteiger partial charge in [-0.1, -0.05) is 42.5 Å². The van der Waals surface area contributed by atoms with Crippen LogP contribution in [0.25, 0.3) is 11.0 Å². The number of ether oxygens (including phenoxy) is 5. The molecule has 0 spiro atoms. The van der Waals surface area contributed by atoms with E-state index in [2.05, 4.69) is 5.32 Å². The molecule has 11 heteroatoms. The first-order chi connectivity index (χ1) is 23.9. The van der Waals surface area contributed by atoms with Crippen molar-refractivity contribution in [2.45, 2.75) is 52.4 Å². The molecule has 0 bridgehead atoms. The first-order valence-corrected chi connectivity index (χ1v) is 15.8. The molecule has 0 aliphatic heterocycles. The number of alkyl carbamates (subject to hydrolysis) is 1. The van der Waals surface area contributed by atoms with E-state index >= 15 is 0 Å². The standard InChI is InChI=1S/C39H37NO10/c1-24-35(48-29-17-13-27(14-18-29)36(42)45-5)34(41)31-20-19-30(22-33(31)47-24)49-37(43)32(40-38(44)50-39(2,3)4)21-25-11-15-28(16-12-25)46-23-26-9-7-6-8-10-26/h6-20,22,32H,21,23H2,1-5H3,(H,40,44)/t32-/m1/s1. The van der Waals surface area contributed by atoms with Crippen molar-refractivity contribution < 1.29 is 42.5 Å². The molecule has 5 rings (SSSR count). The summed E-state index contributed by atoms with van der Waals surface area (Å²) in [4.78, 5) is 51.3. The topological polar surface area (TPSA) is 140 Å². The molecule has 0 aliphatic rings. The molecule has 0 fully saturated rings. The zero-order valence-electron chi connectivity index (χ0n) is 28.3. The summed E-state index contributed by atoms with van der Waals surface area (Å²) in [7, 11) is 1.28. The molecule has 4 aromatic carbocycles. The molecule has 0 saturated carbocycles. The molecule has 0 unspecified atom stereocenters. The number of esters is 2. The molecule has 0 saturated heterocycles. The van der Waals surface area contributed by atoms with Gasteiger partial charge in [-0.25, -0.2) is 14.4 Å². The lowest BCUT2D eigenvalue weighted by atomic mass is 10.1. The summed E-state index contributed by atoms with van der Waals surface area (Å²) >= 11 is 0. The second kappa shape index (κ2) is 15.4. The number of fused-ring (bicyclic) bond motifs is 1. The molecule has 1 atom stereocenters. The zero-order chi connectivity index (χ0) is 35.8. The minimum atomic E-state index is -1.12. The van der Waals surface area contributed by atoms with Gasteiger partial charge in [-0.15, -0.1) is 0 Å². The van der Waals surface area contributed by atoms with Crippen molar-refractivity contribution in [3.05, 3.63) is 130 Å². The number of benzene rings is 4. The lowest BCUT2D eigenvalue weighted by molar-refractivity contribution is -0.136. The Morgan fingerprint density at radius 2 is 1.48 bits per heavy atom. The quantitative estimate of drug-likeness (QED) is 0.112. The van der Waals surface area contributed by atoms with Crippen molar-refractivity contribution in [1.29, 1.82) is 0 Å². The van der Waals surface area contributed by atoms with Crippen molar-refractivity contribution in [2.24, 2.45) is 0 Å². The molecule has 5 aromatic rings. The van der Waals surface area contributed by atoms with Crippen molar-refractivity contribution >= 4 is 29.0 Å². The van der Waals surface area contributed by atoms with Gasteiger partial charge in [0.15, 0.2) is 0 Å². The minimum Gasteiger partial charge on any atom is -0.489 e. The van der Waals surface area contributed by atoms with Crippen LogP contribution in [0, 0.1) is 6.92 Å². The van der Waals surface area contributed by atoms with Gasteiger partial charge in [-0.05, 0) is 87.4 Å². The smallest absolute Gasteiger partial charge is 0.408 e. The number of hydrogen-bond acceptors (Lipinski definition) is 10. The highest BCUT2D eigenvalue weighted by molar-refractivity contribution is 5.89. The number of carbonyl (C=O) groups excluding carboxylic acids is 3. The predicted octanol–water partition coefficient (Wildman–Crippen LogP) is 7.30. The first kappa shape index (κ1) is 35.2. The predicted molar refractivity (Wildman–Crippen MR) is 185 cm³/mol. The monoisotopic (exact) mass is 679 g/mol. The summed E-state index contributed by atoms with van der Waals surface area (Å²) < 4.78 is 33.4. The van der Waals surface area contributed by atoms with Gasteiger partial charge in [-0.2, -0.15) is 0 Å². The lowest BCUT2D eigenvalue weighted by Gasteiger charge is -2.23. The lowest BCUT2D eigenvalue weighted by Crippen LogP contribution is -2.46. The van der Waals surface area contributed by atoms with E-state index < -0.39 is 35.1 Å². The van der Waals surface area contributed by atoms with Gasteiger partial charge in [0.25, 0.3) is 0 Å². The third kappa shape index (κ3) is 9.28. The number of amides is 1. The zero-order valence-corrected chi connectivity index (χ0v) is 28.3. The van der Waals surface area contributed by atoms with Gasteiger partial charge < -0.3 is 33.4 Å². The van der Waals surface area contributed by atoms with E-state index in [0.29, 0.717) is 23.7 Å². The van der Waals surface area contributed by atoms with Crippen LogP contribution in [0.1, 0.15) is 48.0 Å². The summed E-state index contributed by atoms with van der Waals surface area (Å²) in [6, 6.07) is 26.3. The van der Waals surface area contributed by atoms with Crippen LogP contribution < -0.4 is 25.0 Å². The Morgan fingerprint density at radius 1 is 0.820 bits per heavy atom. The van der Waals surface area contributed by atoms with Crippen molar-refractivity contribution in [1.82, 2.24) is 5.32 Å². The molecule has 258 valence electrons. The maximum Gasteiger partial charge on any atom is 0.408 e. The van der Waals surface area contributed by atoms with Gasteiger partial charge in [0, 0.05) is 12.5 Å². The maximum absolute atomic E-state index is 13.5. The average Bonchev–Trinajstić information content (AvgIpc) is 3.09. The fraction of sp³-hybridized carbons (Fsp3) is 0.231. The van der Waals surface area contributed by atoms with Crippen molar-refractivity contribution in [3.63, 3.8) is 0 Å². The van der Waals surface area contributed by atoms with Crippen LogP contribution in [-0.4, -0.2) is 36.8 Å². The van der Waals surface area contributed by atoms with Crippen LogP contribution >= 0.6 is 0 Å². The van der Waals surface area contributed by atoms with E-state index in [1.165, 1.54) is 49.6 Å². The number of aryl methyl sites for hydroxylation is 1. The Kier molecular flexibility index (Phi) is 10.9. The van der Waals surface area contributed by atoms with E-state index in [0.717, 1.165) is 11.1 Å². The SMILES string of the molecule is COC(=O)c1ccc(Oc2c(C)oc3cc(OC(=O)[C@@H](Cc4ccc(OCc5ccccc5)cc4)NC(=O)OC(C)(C)C)ccc3c2=O)cc1. The number of nitrogens with one attached hydrogen (secondary N) is 1. The highest BCUT2D eigenvalue weighted by Crippen LogP contribution is 2.28. The average molecular weight is 680 g/mol. The van der Waals surface area contributed by atoms with Crippen LogP contribution in [-0.2, 0) is 27.3 Å². The fourth-order valence-electron chi connectivity index (χ4n) is 4.87. The molecule has 0 radical (unpaired) electrons. The minimum absolute atomic E-state index is 0.0360. The van der Waals surface area contributed by atoms with Gasteiger partial charge in [0.05, 0.1) is 18.1 Å². The molecule has 1 N–H and O–H groups in total. The number of rotatable bonds is 11. The summed E-state index contributed by atoms with van der Waals surface area (Å²) in [5.74, 6) is -0.0485. The van der Waals surface area contributed by atoms with Gasteiger partial charge in [0.2, 0.25) is 11.2 Å². The Hall–Kier alpha value is -6.10. The Labute approximate surface area is 288 Å². The van der Waals surface area contributed by atoms with E-state index in [4.69, 9.17) is 28.1 Å². The number of methoxy groups -OCH3 is 1. The van der Waals surface area contributed by atoms with E-state index in [-0.39, 0.29) is 34.6 Å². The molecule has 1 aromatic heterocycles. The van der Waals surface area contributed by atoms with Crippen LogP contribution in [0.2, 0.25) is 0 Å². The van der Waals surface area contributed by atoms with E-state index in [1.54, 1.807) is 52.0 Å². The van der Waals surface area contributed by atoms with E-state index in [1.807, 2.05) is 30.3 Å². The van der Waals surface area contributed by atoms with Gasteiger partial charge >= 0.3 is 18.0 Å². The molecular formula is C39H37NO10. The third-order valence-electron chi connectivity index (χ3n) is 7.29. The maximum atomic E-state index is 13.5. The highest BCUT2D eigenvalue weighted by Gasteiger charge is 2.27. The van der Waals surface area contributed by atoms with Crippen molar-refractivity contribution in [3.8, 4) is 23.0 Å². The fourth-order valence-corrected chi connectivity index (χ4v) is 4.87. The second-order valence-corrected chi connectivity index (χ2v) is 12.3. The van der Waals surface area contributed by atoms with Crippen LogP contribution in [0.5, 0.6) is 23.0 Å². The molecular weight excluding hydrogens is 642 g/mol. The van der Waals surface area contributed by atoms with Crippen molar-refractivity contribution in [2.75, 3.05) is 7.11 Å². The first-order valence-electron chi connectivity index (χ1n) is 15.8. The summed E-state index contributed by atoms with van der Waals surface area (Å²) in [5, 5.41) is 2.81. The molecule has 11 nitrogen and oxygen atoms in total. The molecule has 1 amide bonds. The number of hydrogen-bond donors (Lipinski definition) is 1. The van der Waals surface area contributed by atoms with Gasteiger partial charge in [-0.3, -0.25) is 4.79 Å². The second-order valence-electron chi connectivity index (χ2n) is 12.3. The van der Waals surface area contributed by atoms with E-state index in [9.17, 15) is 19.2 Å². The Bertz CT molecular complexity index is 2030. The van der Waals surface area contributed by atoms with Crippen LogP contribution in [0.4, 0.5) is 4.79 Å². The van der Waals surface area contributed by atoms with Crippen LogP contribution in [0.15, 0.2) is 106 Å². The summed E-state index contributed by atoms with van der Waals surface area (Å²) in [6.07, 6.45) is -0.685. The Balaban J connectivity index is 1.31. The third-order valence-corrected chi connectivity index (χ3v) is 7.29. The van der Waals surface area contributed by atoms with Crippen LogP contribution in [0.3, 0.4) is 0 Å². The number of carbonyl (C=O) groups is 3. The highest BCUT2D eigenvalue weighted by atomic mass is 16.6. The summed E-state index contributed by atoms with van der Waals surface area (Å²) in [5.41, 5.74) is 1.02. The Morgan fingerprint density at radius 3 is 2.14 bits per heavy atom. The molecule has 0 aliphatic carbocycles. The molecule has 1 heterocycles. The molecule has 50 heavy (non-hydrogen) atoms. The summed E-state index contributed by atoms with van der Waals surface area (Å²) in [6.45, 7) is 7.13.